The van der Waals surface area contributed by atoms with Crippen LogP contribution in [0.15, 0.2) is 18.3 Å². The average molecular weight is 182 g/mol. The van der Waals surface area contributed by atoms with Gasteiger partial charge in [-0.05, 0) is 12.1 Å². The van der Waals surface area contributed by atoms with Crippen molar-refractivity contribution in [1.29, 1.82) is 0 Å². The molecule has 1 aromatic heterocycles. The van der Waals surface area contributed by atoms with Crippen molar-refractivity contribution in [1.82, 2.24) is 9.78 Å². The van der Waals surface area contributed by atoms with E-state index in [1.165, 1.54) is 0 Å². The molecule has 0 aliphatic carbocycles. The highest BCUT2D eigenvalue weighted by Gasteiger charge is 2.05. The molecule has 62 valence electrons. The molecule has 0 amide bonds. The van der Waals surface area contributed by atoms with E-state index in [2.05, 4.69) is 5.10 Å². The van der Waals surface area contributed by atoms with Gasteiger partial charge >= 0.3 is 0 Å². The summed E-state index contributed by atoms with van der Waals surface area (Å²) < 4.78 is 1.72. The van der Waals surface area contributed by atoms with Crippen LogP contribution < -0.4 is 5.73 Å². The molecule has 3 nitrogen and oxygen atoms in total. The number of hydrogen-bond acceptors (Lipinski definition) is 2. The van der Waals surface area contributed by atoms with Gasteiger partial charge in [-0.3, -0.25) is 4.68 Å². The lowest BCUT2D eigenvalue weighted by atomic mass is 10.2. The molecule has 2 N–H and O–H groups in total. The van der Waals surface area contributed by atoms with E-state index in [1.807, 2.05) is 7.05 Å². The highest BCUT2D eigenvalue weighted by atomic mass is 35.5. The number of halogens is 1. The minimum atomic E-state index is 0.680. The van der Waals surface area contributed by atoms with Crippen molar-refractivity contribution in [3.63, 3.8) is 0 Å². The van der Waals surface area contributed by atoms with Crippen molar-refractivity contribution in [2.45, 2.75) is 0 Å². The fourth-order valence-electron chi connectivity index (χ4n) is 1.26. The van der Waals surface area contributed by atoms with Crippen LogP contribution in [0, 0.1) is 0 Å². The fourth-order valence-corrected chi connectivity index (χ4v) is 1.55. The Morgan fingerprint density at radius 2 is 2.25 bits per heavy atom. The van der Waals surface area contributed by atoms with Gasteiger partial charge < -0.3 is 5.73 Å². The minimum absolute atomic E-state index is 0.680. The number of benzene rings is 1. The third kappa shape index (κ3) is 0.865. The van der Waals surface area contributed by atoms with Crippen molar-refractivity contribution >= 4 is 28.2 Å². The third-order valence-corrected chi connectivity index (χ3v) is 2.19. The van der Waals surface area contributed by atoms with Crippen LogP contribution in [0.5, 0.6) is 0 Å². The average Bonchev–Trinajstić information content (AvgIpc) is 2.42. The predicted octanol–water partition coefficient (Wildman–Crippen LogP) is 1.81. The maximum atomic E-state index is 5.96. The molecule has 0 aliphatic rings. The Kier molecular flexibility index (Phi) is 1.48. The maximum Gasteiger partial charge on any atom is 0.0885 e. The van der Waals surface area contributed by atoms with Gasteiger partial charge in [0.2, 0.25) is 0 Å². The largest absolute Gasteiger partial charge is 0.398 e. The van der Waals surface area contributed by atoms with Crippen molar-refractivity contribution in [3.05, 3.63) is 23.4 Å². The van der Waals surface area contributed by atoms with E-state index >= 15 is 0 Å². The second-order valence-corrected chi connectivity index (χ2v) is 3.07. The lowest BCUT2D eigenvalue weighted by Crippen LogP contribution is -1.91. The quantitative estimate of drug-likeness (QED) is 0.630. The Labute approximate surface area is 74.7 Å². The Hall–Kier alpha value is -1.22. The monoisotopic (exact) mass is 181 g/mol. The van der Waals surface area contributed by atoms with Gasteiger partial charge in [-0.15, -0.1) is 0 Å². The predicted molar refractivity (Wildman–Crippen MR) is 50.1 cm³/mol. The molecule has 12 heavy (non-hydrogen) atoms. The van der Waals surface area contributed by atoms with Crippen molar-refractivity contribution in [2.24, 2.45) is 7.05 Å². The Morgan fingerprint density at radius 1 is 1.50 bits per heavy atom. The molecule has 0 bridgehead atoms. The summed E-state index contributed by atoms with van der Waals surface area (Å²) in [6, 6.07) is 3.56. The standard InChI is InChI=1S/C8H8ClN3/c1-12-8-5(4-11-12)7(10)3-2-6(8)9/h2-4H,10H2,1H3. The molecule has 2 rings (SSSR count). The zero-order valence-electron chi connectivity index (χ0n) is 6.58. The van der Waals surface area contributed by atoms with E-state index in [0.717, 1.165) is 10.9 Å². The summed E-state index contributed by atoms with van der Waals surface area (Å²) in [6.45, 7) is 0. The number of hydrogen-bond donors (Lipinski definition) is 1. The molecule has 1 heterocycles. The van der Waals surface area contributed by atoms with Crippen LogP contribution in [0.3, 0.4) is 0 Å². The van der Waals surface area contributed by atoms with E-state index in [0.29, 0.717) is 10.7 Å². The summed E-state index contributed by atoms with van der Waals surface area (Å²) in [5.74, 6) is 0. The lowest BCUT2D eigenvalue weighted by Gasteiger charge is -1.99. The van der Waals surface area contributed by atoms with E-state index < -0.39 is 0 Å². The van der Waals surface area contributed by atoms with Crippen molar-refractivity contribution in [3.8, 4) is 0 Å². The normalized spacial score (nSPS) is 10.8. The number of fused-ring (bicyclic) bond motifs is 1. The van der Waals surface area contributed by atoms with Gasteiger partial charge in [0, 0.05) is 18.1 Å². The molecule has 0 fully saturated rings. The van der Waals surface area contributed by atoms with Crippen LogP contribution in [-0.2, 0) is 7.05 Å². The molecular weight excluding hydrogens is 174 g/mol. The zero-order chi connectivity index (χ0) is 8.72. The summed E-state index contributed by atoms with van der Waals surface area (Å²) in [5.41, 5.74) is 7.32. The van der Waals surface area contributed by atoms with Gasteiger partial charge in [0.05, 0.1) is 16.7 Å². The van der Waals surface area contributed by atoms with Crippen LogP contribution in [0.2, 0.25) is 5.02 Å². The second kappa shape index (κ2) is 2.38. The number of nitrogens with two attached hydrogens (primary N) is 1. The van der Waals surface area contributed by atoms with Gasteiger partial charge in [0.25, 0.3) is 0 Å². The molecule has 0 radical (unpaired) electrons. The molecule has 4 heteroatoms. The topological polar surface area (TPSA) is 43.8 Å². The van der Waals surface area contributed by atoms with Crippen LogP contribution in [0.1, 0.15) is 0 Å². The third-order valence-electron chi connectivity index (χ3n) is 1.89. The highest BCUT2D eigenvalue weighted by Crippen LogP contribution is 2.26. The molecule has 0 saturated heterocycles. The molecule has 0 spiro atoms. The first-order chi connectivity index (χ1) is 5.70. The molecular formula is C8H8ClN3. The number of aryl methyl sites for hydroxylation is 1. The Bertz CT molecular complexity index is 433. The minimum Gasteiger partial charge on any atom is -0.398 e. The van der Waals surface area contributed by atoms with Crippen LogP contribution in [0.4, 0.5) is 5.69 Å². The van der Waals surface area contributed by atoms with E-state index in [-0.39, 0.29) is 0 Å². The van der Waals surface area contributed by atoms with Gasteiger partial charge in [-0.25, -0.2) is 0 Å². The number of nitrogen functional groups attached to an aromatic ring is 1. The van der Waals surface area contributed by atoms with Crippen LogP contribution >= 0.6 is 11.6 Å². The SMILES string of the molecule is Cn1ncc2c(N)ccc(Cl)c21. The van der Waals surface area contributed by atoms with Gasteiger partial charge in [0.1, 0.15) is 0 Å². The molecule has 2 aromatic rings. The summed E-state index contributed by atoms with van der Waals surface area (Å²) in [7, 11) is 1.84. The molecule has 0 aliphatic heterocycles. The highest BCUT2D eigenvalue weighted by molar-refractivity contribution is 6.35. The number of nitrogens with zero attached hydrogens (tertiary/aromatic N) is 2. The van der Waals surface area contributed by atoms with E-state index in [1.54, 1.807) is 23.0 Å². The second-order valence-electron chi connectivity index (χ2n) is 2.67. The summed E-state index contributed by atoms with van der Waals surface area (Å²) >= 11 is 5.96. The number of anilines is 1. The van der Waals surface area contributed by atoms with Crippen molar-refractivity contribution in [2.75, 3.05) is 5.73 Å². The first-order valence-electron chi connectivity index (χ1n) is 3.56. The molecule has 0 saturated carbocycles. The summed E-state index contributed by atoms with van der Waals surface area (Å²) in [6.07, 6.45) is 1.72. The van der Waals surface area contributed by atoms with Crippen LogP contribution in [0.25, 0.3) is 10.9 Å². The van der Waals surface area contributed by atoms with Gasteiger partial charge in [-0.2, -0.15) is 5.10 Å². The van der Waals surface area contributed by atoms with Gasteiger partial charge in [-0.1, -0.05) is 11.6 Å². The maximum absolute atomic E-state index is 5.96. The molecule has 0 unspecified atom stereocenters. The van der Waals surface area contributed by atoms with Crippen LogP contribution in [-0.4, -0.2) is 9.78 Å². The van der Waals surface area contributed by atoms with E-state index in [4.69, 9.17) is 17.3 Å². The first kappa shape index (κ1) is 7.43. The van der Waals surface area contributed by atoms with E-state index in [9.17, 15) is 0 Å². The summed E-state index contributed by atoms with van der Waals surface area (Å²) in [5, 5.41) is 5.66. The van der Waals surface area contributed by atoms with Gasteiger partial charge in [0.15, 0.2) is 0 Å². The number of aromatic nitrogens is 2. The molecule has 0 atom stereocenters. The summed E-state index contributed by atoms with van der Waals surface area (Å²) in [4.78, 5) is 0. The Balaban J connectivity index is 2.98. The lowest BCUT2D eigenvalue weighted by molar-refractivity contribution is 0.797. The Morgan fingerprint density at radius 3 is 2.92 bits per heavy atom. The smallest absolute Gasteiger partial charge is 0.0885 e. The molecule has 1 aromatic carbocycles. The zero-order valence-corrected chi connectivity index (χ0v) is 7.34. The number of rotatable bonds is 0. The van der Waals surface area contributed by atoms with Crippen molar-refractivity contribution < 1.29 is 0 Å². The first-order valence-corrected chi connectivity index (χ1v) is 3.93. The fraction of sp³-hybridized carbons (Fsp3) is 0.125.